The number of hydrogen-bond donors (Lipinski definition) is 2. The van der Waals surface area contributed by atoms with Crippen LogP contribution in [-0.4, -0.2) is 35.6 Å². The summed E-state index contributed by atoms with van der Waals surface area (Å²) in [5.41, 5.74) is 0. The molecule has 0 aromatic heterocycles. The van der Waals surface area contributed by atoms with Crippen molar-refractivity contribution < 1.29 is 15.0 Å². The van der Waals surface area contributed by atoms with Gasteiger partial charge in [0, 0.05) is 0 Å². The zero-order chi connectivity index (χ0) is 8.43. The van der Waals surface area contributed by atoms with Crippen LogP contribution in [0.5, 0.6) is 0 Å². The first kappa shape index (κ1) is 10.9. The van der Waals surface area contributed by atoms with Crippen molar-refractivity contribution in [2.75, 3.05) is 6.54 Å². The quantitative estimate of drug-likeness (QED) is 0.486. The van der Waals surface area contributed by atoms with E-state index in [1.54, 1.807) is 6.92 Å². The van der Waals surface area contributed by atoms with Gasteiger partial charge < -0.3 is 20.3 Å². The van der Waals surface area contributed by atoms with E-state index in [4.69, 9.17) is 5.11 Å². The molecule has 2 atom stereocenters. The highest BCUT2D eigenvalue weighted by Gasteiger charge is 2.23. The zero-order valence-corrected chi connectivity index (χ0v) is 6.07. The fourth-order valence-electron chi connectivity index (χ4n) is 0.919. The molecule has 2 N–H and O–H groups in total. The Morgan fingerprint density at radius 1 is 1.83 bits per heavy atom. The first-order valence-corrected chi connectivity index (χ1v) is 3.28. The van der Waals surface area contributed by atoms with E-state index in [-0.39, 0.29) is 14.0 Å². The van der Waals surface area contributed by atoms with Crippen LogP contribution in [0, 0.1) is 0 Å². The van der Waals surface area contributed by atoms with E-state index >= 15 is 0 Å². The van der Waals surface area contributed by atoms with E-state index in [1.165, 1.54) is 0 Å². The summed E-state index contributed by atoms with van der Waals surface area (Å²) in [7, 11) is 0. The number of amidine groups is 1. The second kappa shape index (κ2) is 4.06. The van der Waals surface area contributed by atoms with E-state index < -0.39 is 18.1 Å². The highest BCUT2D eigenvalue weighted by atomic mass is 16.4. The summed E-state index contributed by atoms with van der Waals surface area (Å²) in [6.07, 6.45) is -0.983. The number of hydrogen-bond acceptors (Lipinski definition) is 5. The lowest BCUT2D eigenvalue weighted by molar-refractivity contribution is -0.310. The van der Waals surface area contributed by atoms with Gasteiger partial charge in [0.15, 0.2) is 0 Å². The van der Waals surface area contributed by atoms with Gasteiger partial charge in [-0.3, -0.25) is 4.99 Å². The van der Waals surface area contributed by atoms with Gasteiger partial charge in [0.25, 0.3) is 0 Å². The Morgan fingerprint density at radius 2 is 2.42 bits per heavy atom. The number of aliphatic imine (C=N–C) groups is 1. The summed E-state index contributed by atoms with van der Waals surface area (Å²) in [4.78, 5) is 14.1. The second-order valence-electron chi connectivity index (χ2n) is 2.43. The average molecular weight is 173 g/mol. The molecule has 0 aromatic carbocycles. The minimum Gasteiger partial charge on any atom is -0.548 e. The molecular formula is C7H13N2O3-. The van der Waals surface area contributed by atoms with Gasteiger partial charge in [-0.1, -0.05) is 7.43 Å². The van der Waals surface area contributed by atoms with Crippen molar-refractivity contribution in [1.82, 2.24) is 5.32 Å². The van der Waals surface area contributed by atoms with Gasteiger partial charge in [-0.15, -0.1) is 0 Å². The van der Waals surface area contributed by atoms with Crippen LogP contribution in [0.4, 0.5) is 0 Å². The fraction of sp³-hybridized carbons (Fsp3) is 0.714. The summed E-state index contributed by atoms with van der Waals surface area (Å²) in [5.74, 6) is -0.781. The molecule has 0 saturated heterocycles. The van der Waals surface area contributed by atoms with E-state index in [9.17, 15) is 9.90 Å². The molecule has 0 amide bonds. The SMILES string of the molecule is C.CC1=NC[C@H](O)[C@@H](C(=O)[O-])N1. The number of aliphatic carboxylic acids is 1. The molecule has 5 nitrogen and oxygen atoms in total. The minimum absolute atomic E-state index is 0. The zero-order valence-electron chi connectivity index (χ0n) is 6.07. The summed E-state index contributed by atoms with van der Waals surface area (Å²) in [6, 6.07) is -1.02. The lowest BCUT2D eigenvalue weighted by atomic mass is 10.1. The first-order chi connectivity index (χ1) is 5.11. The lowest BCUT2D eigenvalue weighted by Crippen LogP contribution is -2.57. The van der Waals surface area contributed by atoms with Gasteiger partial charge in [0.2, 0.25) is 0 Å². The van der Waals surface area contributed by atoms with Crippen molar-refractivity contribution in [3.05, 3.63) is 0 Å². The molecule has 0 saturated carbocycles. The number of aliphatic hydroxyl groups is 1. The molecule has 12 heavy (non-hydrogen) atoms. The number of carboxylic acid groups (broad SMARTS) is 1. The van der Waals surface area contributed by atoms with Gasteiger partial charge in [-0.25, -0.2) is 0 Å². The number of carbonyl (C=O) groups is 1. The molecule has 0 aromatic rings. The van der Waals surface area contributed by atoms with Gasteiger partial charge in [-0.05, 0) is 6.92 Å². The summed E-state index contributed by atoms with van der Waals surface area (Å²) < 4.78 is 0. The van der Waals surface area contributed by atoms with Gasteiger partial charge >= 0.3 is 0 Å². The molecule has 0 aliphatic carbocycles. The third-order valence-corrected chi connectivity index (χ3v) is 1.52. The fourth-order valence-corrected chi connectivity index (χ4v) is 0.919. The van der Waals surface area contributed by atoms with Crippen molar-refractivity contribution in [2.45, 2.75) is 26.5 Å². The first-order valence-electron chi connectivity index (χ1n) is 3.28. The summed E-state index contributed by atoms with van der Waals surface area (Å²) >= 11 is 0. The van der Waals surface area contributed by atoms with Crippen molar-refractivity contribution in [3.8, 4) is 0 Å². The van der Waals surface area contributed by atoms with Crippen molar-refractivity contribution in [3.63, 3.8) is 0 Å². The predicted molar refractivity (Wildman–Crippen MR) is 42.6 cm³/mol. The molecule has 0 unspecified atom stereocenters. The number of nitrogens with zero attached hydrogens (tertiary/aromatic N) is 1. The summed E-state index contributed by atoms with van der Waals surface area (Å²) in [5, 5.41) is 21.9. The maximum atomic E-state index is 10.3. The molecule has 5 heteroatoms. The number of aliphatic hydroxyl groups excluding tert-OH is 1. The molecule has 0 bridgehead atoms. The molecule has 0 radical (unpaired) electrons. The third-order valence-electron chi connectivity index (χ3n) is 1.52. The highest BCUT2D eigenvalue weighted by molar-refractivity contribution is 5.86. The topological polar surface area (TPSA) is 84.8 Å². The third kappa shape index (κ3) is 2.20. The number of nitrogens with one attached hydrogen (secondary N) is 1. The van der Waals surface area contributed by atoms with Crippen molar-refractivity contribution in [1.29, 1.82) is 0 Å². The number of carbonyl (C=O) groups excluding carboxylic acids is 1. The summed E-state index contributed by atoms with van der Waals surface area (Å²) in [6.45, 7) is 1.76. The van der Waals surface area contributed by atoms with Crippen LogP contribution in [0.25, 0.3) is 0 Å². The Hall–Kier alpha value is -1.10. The van der Waals surface area contributed by atoms with Crippen LogP contribution in [0.2, 0.25) is 0 Å². The predicted octanol–water partition coefficient (Wildman–Crippen LogP) is -1.88. The molecule has 70 valence electrons. The van der Waals surface area contributed by atoms with E-state index in [0.29, 0.717) is 5.84 Å². The molecule has 1 heterocycles. The van der Waals surface area contributed by atoms with Crippen molar-refractivity contribution >= 4 is 11.8 Å². The van der Waals surface area contributed by atoms with Crippen LogP contribution >= 0.6 is 0 Å². The molecule has 0 fully saturated rings. The normalized spacial score (nSPS) is 28.0. The van der Waals surface area contributed by atoms with Crippen LogP contribution in [0.1, 0.15) is 14.4 Å². The second-order valence-corrected chi connectivity index (χ2v) is 2.43. The van der Waals surface area contributed by atoms with Crippen molar-refractivity contribution in [2.24, 2.45) is 4.99 Å². The monoisotopic (exact) mass is 173 g/mol. The average Bonchev–Trinajstić information content (AvgIpc) is 1.94. The molecule has 1 aliphatic heterocycles. The Kier molecular flexibility index (Phi) is 3.69. The maximum absolute atomic E-state index is 10.3. The van der Waals surface area contributed by atoms with Crippen LogP contribution in [0.3, 0.4) is 0 Å². The largest absolute Gasteiger partial charge is 0.548 e. The molecule has 1 rings (SSSR count). The Morgan fingerprint density at radius 3 is 2.83 bits per heavy atom. The van der Waals surface area contributed by atoms with Crippen LogP contribution < -0.4 is 10.4 Å². The van der Waals surface area contributed by atoms with E-state index in [0.717, 1.165) is 0 Å². The Labute approximate surface area is 71.1 Å². The van der Waals surface area contributed by atoms with E-state index in [2.05, 4.69) is 10.3 Å². The van der Waals surface area contributed by atoms with Gasteiger partial charge in [0.05, 0.1) is 30.5 Å². The van der Waals surface area contributed by atoms with E-state index in [1.807, 2.05) is 0 Å². The molecule has 1 aliphatic rings. The number of carboxylic acids is 1. The lowest BCUT2D eigenvalue weighted by Gasteiger charge is -2.28. The smallest absolute Gasteiger partial charge is 0.0990 e. The number of rotatable bonds is 1. The Balaban J connectivity index is 0.00000121. The van der Waals surface area contributed by atoms with Crippen LogP contribution in [0.15, 0.2) is 4.99 Å². The standard InChI is InChI=1S/C6H10N2O3.CH4/c1-3-7-2-4(9)5(8-3)6(10)11;/h4-5,9H,2H2,1H3,(H,7,8)(H,10,11);1H4/p-1/t4-,5-;/m0./s1. The van der Waals surface area contributed by atoms with Crippen LogP contribution in [-0.2, 0) is 4.79 Å². The minimum atomic E-state index is -1.30. The van der Waals surface area contributed by atoms with Gasteiger partial charge in [-0.2, -0.15) is 0 Å². The van der Waals surface area contributed by atoms with Gasteiger partial charge in [0.1, 0.15) is 0 Å². The maximum Gasteiger partial charge on any atom is 0.0990 e. The Bertz CT molecular complexity index is 203. The highest BCUT2D eigenvalue weighted by Crippen LogP contribution is 1.99. The molecular weight excluding hydrogens is 160 g/mol. The molecule has 0 spiro atoms.